The van der Waals surface area contributed by atoms with E-state index in [0.717, 1.165) is 37.7 Å². The molecular weight excluding hydrogens is 279 g/mol. The smallest absolute Gasteiger partial charge is 0.242 e. The zero-order chi connectivity index (χ0) is 15.7. The molecule has 0 radical (unpaired) electrons. The number of benzene rings is 1. The first-order valence-electron chi connectivity index (χ1n) is 8.35. The molecule has 22 heavy (non-hydrogen) atoms. The van der Waals surface area contributed by atoms with Crippen LogP contribution < -0.4 is 5.73 Å². The third-order valence-electron chi connectivity index (χ3n) is 5.35. The van der Waals surface area contributed by atoms with Crippen molar-refractivity contribution in [2.75, 3.05) is 6.54 Å². The van der Waals surface area contributed by atoms with Gasteiger partial charge in [-0.1, -0.05) is 31.4 Å². The Morgan fingerprint density at radius 2 is 1.86 bits per heavy atom. The van der Waals surface area contributed by atoms with Crippen molar-refractivity contribution < 1.29 is 9.18 Å². The molecule has 2 atom stereocenters. The summed E-state index contributed by atoms with van der Waals surface area (Å²) >= 11 is 0. The van der Waals surface area contributed by atoms with E-state index < -0.39 is 5.54 Å². The van der Waals surface area contributed by atoms with Gasteiger partial charge in [0.05, 0.1) is 5.54 Å². The van der Waals surface area contributed by atoms with Crippen molar-refractivity contribution in [3.63, 3.8) is 0 Å². The van der Waals surface area contributed by atoms with E-state index in [9.17, 15) is 9.18 Å². The molecule has 2 unspecified atom stereocenters. The summed E-state index contributed by atoms with van der Waals surface area (Å²) in [6, 6.07) is 6.86. The van der Waals surface area contributed by atoms with Gasteiger partial charge < -0.3 is 10.6 Å². The number of hydrogen-bond donors (Lipinski definition) is 1. The van der Waals surface area contributed by atoms with Gasteiger partial charge in [-0.3, -0.25) is 4.79 Å². The van der Waals surface area contributed by atoms with Crippen LogP contribution in [0.15, 0.2) is 24.3 Å². The number of halogens is 1. The summed E-state index contributed by atoms with van der Waals surface area (Å²) in [7, 11) is 0. The maximum atomic E-state index is 13.1. The highest BCUT2D eigenvalue weighted by Gasteiger charge is 2.43. The largest absolute Gasteiger partial charge is 0.338 e. The summed E-state index contributed by atoms with van der Waals surface area (Å²) in [5.41, 5.74) is 6.85. The number of rotatable bonds is 2. The summed E-state index contributed by atoms with van der Waals surface area (Å²) in [5, 5.41) is 0. The quantitative estimate of drug-likeness (QED) is 0.912. The minimum absolute atomic E-state index is 0.115. The fraction of sp³-hybridized carbons (Fsp3) is 0.611. The van der Waals surface area contributed by atoms with Crippen LogP contribution in [0, 0.1) is 5.82 Å². The van der Waals surface area contributed by atoms with Gasteiger partial charge in [-0.25, -0.2) is 4.39 Å². The van der Waals surface area contributed by atoms with Crippen molar-refractivity contribution in [2.24, 2.45) is 5.73 Å². The van der Waals surface area contributed by atoms with E-state index in [1.165, 1.54) is 18.6 Å². The molecule has 0 spiro atoms. The normalized spacial score (nSPS) is 27.9. The van der Waals surface area contributed by atoms with Crippen molar-refractivity contribution in [1.82, 2.24) is 4.90 Å². The Morgan fingerprint density at radius 1 is 1.23 bits per heavy atom. The maximum absolute atomic E-state index is 13.1. The molecule has 1 saturated heterocycles. The minimum atomic E-state index is -0.663. The molecule has 1 aliphatic heterocycles. The second-order valence-corrected chi connectivity index (χ2v) is 7.01. The average Bonchev–Trinajstić information content (AvgIpc) is 2.90. The lowest BCUT2D eigenvalue weighted by molar-refractivity contribution is -0.138. The summed E-state index contributed by atoms with van der Waals surface area (Å²) in [5.74, 6) is 0.182. The molecule has 2 N–H and O–H groups in total. The predicted octanol–water partition coefficient (Wildman–Crippen LogP) is 3.19. The zero-order valence-corrected chi connectivity index (χ0v) is 13.2. The van der Waals surface area contributed by atoms with E-state index in [1.807, 2.05) is 17.0 Å². The highest BCUT2D eigenvalue weighted by Crippen LogP contribution is 2.35. The van der Waals surface area contributed by atoms with Crippen LogP contribution in [0.25, 0.3) is 0 Å². The molecule has 1 saturated carbocycles. The van der Waals surface area contributed by atoms with Crippen LogP contribution in [0.5, 0.6) is 0 Å². The molecule has 3 nitrogen and oxygen atoms in total. The van der Waals surface area contributed by atoms with Crippen LogP contribution >= 0.6 is 0 Å². The van der Waals surface area contributed by atoms with Gasteiger partial charge in [-0.15, -0.1) is 0 Å². The number of carbonyl (C=O) groups is 1. The second kappa shape index (κ2) is 5.99. The predicted molar refractivity (Wildman–Crippen MR) is 84.9 cm³/mol. The maximum Gasteiger partial charge on any atom is 0.242 e. The molecule has 1 aliphatic carbocycles. The Hall–Kier alpha value is -1.42. The SMILES string of the molecule is CC1CC(c2ccc(F)cc2)CN1C(=O)C1(N)CCCCC1. The average molecular weight is 304 g/mol. The summed E-state index contributed by atoms with van der Waals surface area (Å²) in [6.07, 6.45) is 5.80. The van der Waals surface area contributed by atoms with Crippen molar-refractivity contribution >= 4 is 5.91 Å². The molecule has 0 bridgehead atoms. The number of carbonyl (C=O) groups excluding carboxylic acids is 1. The number of hydrogen-bond acceptors (Lipinski definition) is 2. The number of nitrogens with two attached hydrogens (primary N) is 1. The van der Waals surface area contributed by atoms with Gasteiger partial charge in [0.15, 0.2) is 0 Å². The first kappa shape index (κ1) is 15.5. The van der Waals surface area contributed by atoms with Gasteiger partial charge in [-0.05, 0) is 43.9 Å². The lowest BCUT2D eigenvalue weighted by atomic mass is 9.81. The highest BCUT2D eigenvalue weighted by molar-refractivity contribution is 5.86. The lowest BCUT2D eigenvalue weighted by Gasteiger charge is -2.37. The van der Waals surface area contributed by atoms with Gasteiger partial charge >= 0.3 is 0 Å². The molecule has 120 valence electrons. The fourth-order valence-corrected chi connectivity index (χ4v) is 3.97. The Balaban J connectivity index is 1.72. The van der Waals surface area contributed by atoms with E-state index in [1.54, 1.807) is 0 Å². The molecule has 1 amide bonds. The number of nitrogens with zero attached hydrogens (tertiary/aromatic N) is 1. The van der Waals surface area contributed by atoms with Gasteiger partial charge in [0.2, 0.25) is 5.91 Å². The van der Waals surface area contributed by atoms with Crippen molar-refractivity contribution in [2.45, 2.75) is 62.9 Å². The monoisotopic (exact) mass is 304 g/mol. The topological polar surface area (TPSA) is 46.3 Å². The molecule has 3 rings (SSSR count). The summed E-state index contributed by atoms with van der Waals surface area (Å²) in [6.45, 7) is 2.79. The standard InChI is InChI=1S/C18H25FN2O/c1-13-11-15(14-5-7-16(19)8-6-14)12-21(13)17(22)18(20)9-3-2-4-10-18/h5-8,13,15H,2-4,9-12,20H2,1H3. The third-order valence-corrected chi connectivity index (χ3v) is 5.35. The van der Waals surface area contributed by atoms with Crippen LogP contribution in [0.3, 0.4) is 0 Å². The first-order valence-corrected chi connectivity index (χ1v) is 8.35. The third kappa shape index (κ3) is 2.89. The van der Waals surface area contributed by atoms with E-state index in [-0.39, 0.29) is 23.7 Å². The summed E-state index contributed by atoms with van der Waals surface area (Å²) in [4.78, 5) is 14.9. The van der Waals surface area contributed by atoms with Crippen LogP contribution in [0.2, 0.25) is 0 Å². The van der Waals surface area contributed by atoms with E-state index in [0.29, 0.717) is 6.54 Å². The van der Waals surface area contributed by atoms with E-state index >= 15 is 0 Å². The zero-order valence-electron chi connectivity index (χ0n) is 13.2. The Bertz CT molecular complexity index is 537. The lowest BCUT2D eigenvalue weighted by Crippen LogP contribution is -2.57. The molecule has 2 fully saturated rings. The van der Waals surface area contributed by atoms with E-state index in [2.05, 4.69) is 6.92 Å². The molecular formula is C18H25FN2O. The number of likely N-dealkylation sites (tertiary alicyclic amines) is 1. The Kier molecular flexibility index (Phi) is 4.22. The second-order valence-electron chi connectivity index (χ2n) is 7.01. The molecule has 1 heterocycles. The van der Waals surface area contributed by atoms with Crippen LogP contribution in [-0.2, 0) is 4.79 Å². The number of amides is 1. The molecule has 1 aromatic rings. The van der Waals surface area contributed by atoms with Gasteiger partial charge in [-0.2, -0.15) is 0 Å². The summed E-state index contributed by atoms with van der Waals surface area (Å²) < 4.78 is 13.1. The van der Waals surface area contributed by atoms with Crippen molar-refractivity contribution in [1.29, 1.82) is 0 Å². The van der Waals surface area contributed by atoms with Crippen molar-refractivity contribution in [3.8, 4) is 0 Å². The Morgan fingerprint density at radius 3 is 2.50 bits per heavy atom. The molecule has 2 aliphatic rings. The molecule has 1 aromatic carbocycles. The molecule has 4 heteroatoms. The van der Waals surface area contributed by atoms with Gasteiger partial charge in [0, 0.05) is 18.5 Å². The highest BCUT2D eigenvalue weighted by atomic mass is 19.1. The fourth-order valence-electron chi connectivity index (χ4n) is 3.97. The van der Waals surface area contributed by atoms with Crippen LogP contribution in [0.4, 0.5) is 4.39 Å². The molecule has 0 aromatic heterocycles. The van der Waals surface area contributed by atoms with Crippen LogP contribution in [-0.4, -0.2) is 28.9 Å². The first-order chi connectivity index (χ1) is 10.5. The Labute approximate surface area is 131 Å². The van der Waals surface area contributed by atoms with E-state index in [4.69, 9.17) is 5.73 Å². The van der Waals surface area contributed by atoms with Crippen molar-refractivity contribution in [3.05, 3.63) is 35.6 Å². The van der Waals surface area contributed by atoms with Gasteiger partial charge in [0.1, 0.15) is 5.82 Å². The minimum Gasteiger partial charge on any atom is -0.338 e. The van der Waals surface area contributed by atoms with Gasteiger partial charge in [0.25, 0.3) is 0 Å². The van der Waals surface area contributed by atoms with Crippen LogP contribution in [0.1, 0.15) is 56.9 Å².